The minimum absolute atomic E-state index is 0.0330. The first-order valence-electron chi connectivity index (χ1n) is 7.48. The molecule has 0 radical (unpaired) electrons. The van der Waals surface area contributed by atoms with Crippen molar-refractivity contribution in [3.05, 3.63) is 43.9 Å². The van der Waals surface area contributed by atoms with Gasteiger partial charge in [-0.3, -0.25) is 0 Å². The zero-order chi connectivity index (χ0) is 16.2. The van der Waals surface area contributed by atoms with Crippen LogP contribution in [0.5, 0.6) is 11.8 Å². The monoisotopic (exact) mass is 307 g/mol. The van der Waals surface area contributed by atoms with Crippen LogP contribution in [0.1, 0.15) is 26.7 Å². The van der Waals surface area contributed by atoms with E-state index in [2.05, 4.69) is 18.1 Å². The molecule has 1 heterocycles. The number of hydrogen-bond acceptors (Lipinski definition) is 5. The van der Waals surface area contributed by atoms with Crippen molar-refractivity contribution in [3.63, 3.8) is 0 Å². The van der Waals surface area contributed by atoms with E-state index in [9.17, 15) is 0 Å². The van der Waals surface area contributed by atoms with E-state index in [4.69, 9.17) is 18.9 Å². The van der Waals surface area contributed by atoms with E-state index in [0.29, 0.717) is 25.0 Å². The Hall–Kier alpha value is -2.17. The summed E-state index contributed by atoms with van der Waals surface area (Å²) in [6, 6.07) is 5.40. The molecule has 0 aliphatic rings. The van der Waals surface area contributed by atoms with E-state index in [1.165, 1.54) is 12.5 Å². The highest BCUT2D eigenvalue weighted by atomic mass is 16.5. The van der Waals surface area contributed by atoms with Gasteiger partial charge in [0.25, 0.3) is 0 Å². The van der Waals surface area contributed by atoms with Crippen LogP contribution in [-0.2, 0) is 9.47 Å². The summed E-state index contributed by atoms with van der Waals surface area (Å²) in [6.07, 6.45) is 4.45. The first kappa shape index (κ1) is 17.9. The SMILES string of the molecule is C=COC(CC)COc1cccc(OCC(CC)OC=C)n1. The molecule has 0 aromatic carbocycles. The highest BCUT2D eigenvalue weighted by Gasteiger charge is 2.09. The van der Waals surface area contributed by atoms with E-state index >= 15 is 0 Å². The first-order chi connectivity index (χ1) is 10.7. The average Bonchev–Trinajstić information content (AvgIpc) is 2.55. The van der Waals surface area contributed by atoms with Crippen LogP contribution in [0.3, 0.4) is 0 Å². The molecular weight excluding hydrogens is 282 g/mol. The second kappa shape index (κ2) is 10.5. The van der Waals surface area contributed by atoms with Gasteiger partial charge in [-0.15, -0.1) is 0 Å². The Balaban J connectivity index is 2.50. The zero-order valence-corrected chi connectivity index (χ0v) is 13.4. The molecule has 122 valence electrons. The Morgan fingerprint density at radius 3 is 1.77 bits per heavy atom. The summed E-state index contributed by atoms with van der Waals surface area (Å²) in [6.45, 7) is 12.0. The highest BCUT2D eigenvalue weighted by Crippen LogP contribution is 2.15. The summed E-state index contributed by atoms with van der Waals surface area (Å²) in [7, 11) is 0. The maximum Gasteiger partial charge on any atom is 0.216 e. The van der Waals surface area contributed by atoms with Gasteiger partial charge in [0, 0.05) is 12.1 Å². The smallest absolute Gasteiger partial charge is 0.216 e. The molecule has 0 N–H and O–H groups in total. The van der Waals surface area contributed by atoms with Gasteiger partial charge in [0.15, 0.2) is 0 Å². The van der Waals surface area contributed by atoms with Gasteiger partial charge in [0.05, 0.1) is 12.5 Å². The molecule has 0 aliphatic carbocycles. The standard InChI is InChI=1S/C17H25NO4/c1-5-14(19-7-3)12-21-16-10-9-11-17(18-16)22-13-15(6-2)20-8-4/h7-11,14-15H,3-6,12-13H2,1-2H3. The minimum Gasteiger partial charge on any atom is -0.495 e. The van der Waals surface area contributed by atoms with Crippen LogP contribution in [0.15, 0.2) is 43.9 Å². The summed E-state index contributed by atoms with van der Waals surface area (Å²) < 4.78 is 21.9. The lowest BCUT2D eigenvalue weighted by molar-refractivity contribution is 0.0786. The third-order valence-corrected chi connectivity index (χ3v) is 3.02. The predicted molar refractivity (Wildman–Crippen MR) is 85.9 cm³/mol. The summed E-state index contributed by atoms with van der Waals surface area (Å²) >= 11 is 0. The average molecular weight is 307 g/mol. The Morgan fingerprint density at radius 1 is 0.955 bits per heavy atom. The number of pyridine rings is 1. The van der Waals surface area contributed by atoms with Crippen LogP contribution in [-0.4, -0.2) is 30.4 Å². The topological polar surface area (TPSA) is 49.8 Å². The van der Waals surface area contributed by atoms with E-state index < -0.39 is 0 Å². The van der Waals surface area contributed by atoms with Gasteiger partial charge in [0.1, 0.15) is 25.4 Å². The van der Waals surface area contributed by atoms with Crippen molar-refractivity contribution in [1.82, 2.24) is 4.98 Å². The van der Waals surface area contributed by atoms with Crippen molar-refractivity contribution in [3.8, 4) is 11.8 Å². The lowest BCUT2D eigenvalue weighted by Crippen LogP contribution is -2.20. The lowest BCUT2D eigenvalue weighted by atomic mass is 10.3. The number of hydrogen-bond donors (Lipinski definition) is 0. The van der Waals surface area contributed by atoms with Gasteiger partial charge in [-0.2, -0.15) is 4.98 Å². The Kier molecular flexibility index (Phi) is 8.57. The Labute approximate surface area is 132 Å². The van der Waals surface area contributed by atoms with Crippen molar-refractivity contribution < 1.29 is 18.9 Å². The van der Waals surface area contributed by atoms with Crippen LogP contribution in [0.25, 0.3) is 0 Å². The molecule has 1 aromatic heterocycles. The van der Waals surface area contributed by atoms with E-state index in [1.54, 1.807) is 12.1 Å². The fourth-order valence-corrected chi connectivity index (χ4v) is 1.69. The van der Waals surface area contributed by atoms with Crippen molar-refractivity contribution >= 4 is 0 Å². The van der Waals surface area contributed by atoms with Crippen LogP contribution in [0.2, 0.25) is 0 Å². The van der Waals surface area contributed by atoms with Gasteiger partial charge in [-0.25, -0.2) is 0 Å². The largest absolute Gasteiger partial charge is 0.495 e. The molecule has 2 unspecified atom stereocenters. The molecule has 0 bridgehead atoms. The second-order valence-electron chi connectivity index (χ2n) is 4.60. The van der Waals surface area contributed by atoms with Gasteiger partial charge in [0.2, 0.25) is 11.8 Å². The van der Waals surface area contributed by atoms with E-state index in [1.807, 2.05) is 19.9 Å². The third-order valence-electron chi connectivity index (χ3n) is 3.02. The number of ether oxygens (including phenoxy) is 4. The van der Waals surface area contributed by atoms with Crippen LogP contribution >= 0.6 is 0 Å². The lowest BCUT2D eigenvalue weighted by Gasteiger charge is -2.16. The molecule has 1 aromatic rings. The summed E-state index contributed by atoms with van der Waals surface area (Å²) in [5.74, 6) is 1.00. The highest BCUT2D eigenvalue weighted by molar-refractivity contribution is 5.19. The van der Waals surface area contributed by atoms with Crippen molar-refractivity contribution in [2.75, 3.05) is 13.2 Å². The van der Waals surface area contributed by atoms with Gasteiger partial charge in [-0.1, -0.05) is 33.1 Å². The maximum atomic E-state index is 5.62. The van der Waals surface area contributed by atoms with E-state index in [-0.39, 0.29) is 12.2 Å². The van der Waals surface area contributed by atoms with E-state index in [0.717, 1.165) is 12.8 Å². The molecule has 0 aliphatic heterocycles. The second-order valence-corrected chi connectivity index (χ2v) is 4.60. The number of nitrogens with zero attached hydrogens (tertiary/aromatic N) is 1. The molecule has 0 saturated heterocycles. The quantitative estimate of drug-likeness (QED) is 0.551. The number of aromatic nitrogens is 1. The Morgan fingerprint density at radius 2 is 1.41 bits per heavy atom. The molecule has 0 spiro atoms. The predicted octanol–water partition coefficient (Wildman–Crippen LogP) is 3.72. The zero-order valence-electron chi connectivity index (χ0n) is 13.4. The van der Waals surface area contributed by atoms with Gasteiger partial charge in [-0.05, 0) is 12.8 Å². The molecule has 0 saturated carbocycles. The first-order valence-corrected chi connectivity index (χ1v) is 7.48. The van der Waals surface area contributed by atoms with Crippen LogP contribution < -0.4 is 9.47 Å². The molecule has 0 fully saturated rings. The fraction of sp³-hybridized carbons (Fsp3) is 0.471. The summed E-state index contributed by atoms with van der Waals surface area (Å²) in [4.78, 5) is 4.30. The number of rotatable bonds is 12. The third kappa shape index (κ3) is 6.52. The maximum absolute atomic E-state index is 5.62. The normalized spacial score (nSPS) is 12.8. The van der Waals surface area contributed by atoms with Crippen LogP contribution in [0.4, 0.5) is 0 Å². The molecule has 2 atom stereocenters. The molecule has 5 heteroatoms. The summed E-state index contributed by atoms with van der Waals surface area (Å²) in [5, 5.41) is 0. The molecule has 5 nitrogen and oxygen atoms in total. The molecular formula is C17H25NO4. The molecule has 22 heavy (non-hydrogen) atoms. The van der Waals surface area contributed by atoms with Crippen LogP contribution in [0, 0.1) is 0 Å². The van der Waals surface area contributed by atoms with Crippen molar-refractivity contribution in [2.24, 2.45) is 0 Å². The van der Waals surface area contributed by atoms with Gasteiger partial charge < -0.3 is 18.9 Å². The summed E-state index contributed by atoms with van der Waals surface area (Å²) in [5.41, 5.74) is 0. The molecule has 1 rings (SSSR count). The van der Waals surface area contributed by atoms with Gasteiger partial charge >= 0.3 is 0 Å². The van der Waals surface area contributed by atoms with Crippen molar-refractivity contribution in [2.45, 2.75) is 38.9 Å². The molecule has 0 amide bonds. The minimum atomic E-state index is -0.0330. The van der Waals surface area contributed by atoms with Crippen molar-refractivity contribution in [1.29, 1.82) is 0 Å². The Bertz CT molecular complexity index is 413. The fourth-order valence-electron chi connectivity index (χ4n) is 1.69.